The van der Waals surface area contributed by atoms with Gasteiger partial charge in [-0.05, 0) is 103 Å². The van der Waals surface area contributed by atoms with Crippen LogP contribution in [0.5, 0.6) is 0 Å². The number of alkyl halides is 2. The number of amides is 2. The molecule has 2 amide bonds. The van der Waals surface area contributed by atoms with Crippen LogP contribution < -0.4 is 5.56 Å². The van der Waals surface area contributed by atoms with Crippen molar-refractivity contribution >= 4 is 22.6 Å². The number of nitrogens with zero attached hydrogens (tertiary/aromatic N) is 3. The third-order valence-electron chi connectivity index (χ3n) is 14.5. The largest absolute Gasteiger partial charge is 0.377 e. The number of ether oxygens (including phenoxy) is 1. The summed E-state index contributed by atoms with van der Waals surface area (Å²) in [5, 5.41) is 7.97. The van der Waals surface area contributed by atoms with E-state index in [1.807, 2.05) is 12.1 Å². The van der Waals surface area contributed by atoms with Crippen LogP contribution in [-0.4, -0.2) is 76.6 Å². The summed E-state index contributed by atoms with van der Waals surface area (Å²) < 4.78 is 50.2. The van der Waals surface area contributed by atoms with Gasteiger partial charge in [0.05, 0.1) is 35.8 Å². The Morgan fingerprint density at radius 2 is 1.62 bits per heavy atom. The zero-order valence-electron chi connectivity index (χ0n) is 30.9. The molecule has 1 aliphatic heterocycles. The first-order valence-corrected chi connectivity index (χ1v) is 19.7. The number of rotatable bonds is 7. The van der Waals surface area contributed by atoms with Crippen LogP contribution in [0.15, 0.2) is 47.3 Å². The lowest BCUT2D eigenvalue weighted by Crippen LogP contribution is -2.55. The third-order valence-corrected chi connectivity index (χ3v) is 14.5. The van der Waals surface area contributed by atoms with E-state index in [1.165, 1.54) is 6.07 Å². The van der Waals surface area contributed by atoms with Crippen molar-refractivity contribution < 1.29 is 27.5 Å². The van der Waals surface area contributed by atoms with Gasteiger partial charge in [0.1, 0.15) is 5.82 Å². The molecule has 5 fully saturated rings. The maximum absolute atomic E-state index is 15.0. The standard InChI is InChI=1S/C42H51F3N4O4/c1-40-16-17-42(44,45)25-27(40)8-9-30-32-10-12-36(41(32,2)15-13-33(30)40)53-22-14-37(50)48-18-20-49(21-19-48)39(52)31-23-26(7-11-34(31)43)24-35-28-5-3-4-6-29(28)38(51)47-46-35/h3-7,11,23,27,30,32-33,36H,8-10,12-22,24-25H2,1-2H3,(H,47,51)/t27-,30-,32-,33-,36-,40-,41-/m0/s1. The average Bonchev–Trinajstić information content (AvgIpc) is 3.49. The van der Waals surface area contributed by atoms with Crippen molar-refractivity contribution in [1.29, 1.82) is 0 Å². The summed E-state index contributed by atoms with van der Waals surface area (Å²) in [7, 11) is 0. The molecule has 2 heterocycles. The molecule has 1 aromatic heterocycles. The monoisotopic (exact) mass is 732 g/mol. The maximum Gasteiger partial charge on any atom is 0.272 e. The lowest BCUT2D eigenvalue weighted by molar-refractivity contribution is -0.170. The van der Waals surface area contributed by atoms with Crippen molar-refractivity contribution in [1.82, 2.24) is 20.0 Å². The molecular formula is C42H51F3N4O4. The molecule has 0 spiro atoms. The fourth-order valence-corrected chi connectivity index (χ4v) is 11.5. The number of halogens is 3. The van der Waals surface area contributed by atoms with Crippen LogP contribution in [0.1, 0.15) is 99.7 Å². The topological polar surface area (TPSA) is 95.6 Å². The molecule has 7 atom stereocenters. The highest BCUT2D eigenvalue weighted by Crippen LogP contribution is 2.67. The highest BCUT2D eigenvalue weighted by molar-refractivity contribution is 5.95. The number of fused-ring (bicyclic) bond motifs is 6. The number of hydrogen-bond donors (Lipinski definition) is 1. The van der Waals surface area contributed by atoms with Gasteiger partial charge in [-0.1, -0.05) is 38.1 Å². The van der Waals surface area contributed by atoms with E-state index in [4.69, 9.17) is 4.74 Å². The van der Waals surface area contributed by atoms with E-state index in [0.29, 0.717) is 85.4 Å². The van der Waals surface area contributed by atoms with Crippen molar-refractivity contribution in [2.75, 3.05) is 32.8 Å². The summed E-state index contributed by atoms with van der Waals surface area (Å²) in [5.41, 5.74) is 1.09. The van der Waals surface area contributed by atoms with E-state index in [0.717, 1.165) is 38.5 Å². The lowest BCUT2D eigenvalue weighted by atomic mass is 9.45. The van der Waals surface area contributed by atoms with Gasteiger partial charge in [0.2, 0.25) is 11.8 Å². The van der Waals surface area contributed by atoms with Crippen molar-refractivity contribution in [2.24, 2.45) is 34.5 Å². The van der Waals surface area contributed by atoms with E-state index < -0.39 is 17.6 Å². The van der Waals surface area contributed by atoms with Crippen LogP contribution in [0, 0.1) is 40.3 Å². The molecule has 0 unspecified atom stereocenters. The second-order valence-electron chi connectivity index (χ2n) is 17.2. The first kappa shape index (κ1) is 36.3. The van der Waals surface area contributed by atoms with Crippen molar-refractivity contribution in [3.8, 4) is 0 Å². The Hall–Kier alpha value is -3.73. The predicted molar refractivity (Wildman–Crippen MR) is 195 cm³/mol. The van der Waals surface area contributed by atoms with E-state index in [9.17, 15) is 27.6 Å². The van der Waals surface area contributed by atoms with Gasteiger partial charge in [-0.25, -0.2) is 18.3 Å². The van der Waals surface area contributed by atoms with Gasteiger partial charge in [0.15, 0.2) is 0 Å². The third kappa shape index (κ3) is 6.59. The number of benzene rings is 2. The Morgan fingerprint density at radius 1 is 0.887 bits per heavy atom. The molecule has 5 aliphatic rings. The summed E-state index contributed by atoms with van der Waals surface area (Å²) >= 11 is 0. The van der Waals surface area contributed by atoms with Crippen LogP contribution in [0.3, 0.4) is 0 Å². The zero-order chi connectivity index (χ0) is 37.1. The second-order valence-corrected chi connectivity index (χ2v) is 17.2. The van der Waals surface area contributed by atoms with Crippen LogP contribution in [0.4, 0.5) is 13.2 Å². The second kappa shape index (κ2) is 13.8. The molecule has 2 aromatic carbocycles. The van der Waals surface area contributed by atoms with Crippen LogP contribution in [0.25, 0.3) is 10.8 Å². The van der Waals surface area contributed by atoms with Crippen LogP contribution in [-0.2, 0) is 16.0 Å². The molecule has 8 rings (SSSR count). The van der Waals surface area contributed by atoms with Gasteiger partial charge in [-0.2, -0.15) is 5.10 Å². The van der Waals surface area contributed by atoms with E-state index in [2.05, 4.69) is 24.0 Å². The van der Waals surface area contributed by atoms with Gasteiger partial charge in [0.25, 0.3) is 11.5 Å². The Bertz CT molecular complexity index is 1940. The Kier molecular flexibility index (Phi) is 9.47. The van der Waals surface area contributed by atoms with Gasteiger partial charge < -0.3 is 14.5 Å². The predicted octanol–water partition coefficient (Wildman–Crippen LogP) is 7.39. The van der Waals surface area contributed by atoms with Gasteiger partial charge in [0, 0.05) is 50.8 Å². The molecule has 4 saturated carbocycles. The molecule has 0 bridgehead atoms. The quantitative estimate of drug-likeness (QED) is 0.274. The fraction of sp³-hybridized carbons (Fsp3) is 0.619. The van der Waals surface area contributed by atoms with Crippen molar-refractivity contribution in [3.05, 3.63) is 75.5 Å². The average molecular weight is 733 g/mol. The maximum atomic E-state index is 15.0. The molecule has 0 radical (unpaired) electrons. The minimum absolute atomic E-state index is 0.00494. The molecule has 53 heavy (non-hydrogen) atoms. The normalized spacial score (nSPS) is 32.2. The summed E-state index contributed by atoms with van der Waals surface area (Å²) in [6.45, 7) is 6.39. The molecule has 1 N–H and O–H groups in total. The fourth-order valence-electron chi connectivity index (χ4n) is 11.5. The summed E-state index contributed by atoms with van der Waals surface area (Å²) in [4.78, 5) is 42.3. The molecule has 3 aromatic rings. The first-order valence-electron chi connectivity index (χ1n) is 19.7. The lowest BCUT2D eigenvalue weighted by Gasteiger charge is -2.61. The number of H-pyrrole nitrogens is 1. The Labute approximate surface area is 308 Å². The first-order chi connectivity index (χ1) is 25.4. The SMILES string of the molecule is C[C@]12CCC(F)(F)C[C@@H]1CC[C@@H]1[C@@H]2CC[C@]2(C)[C@@H](OCCC(=O)N3CCN(C(=O)c4cc(Cc5n[nH]c(=O)c6ccccc56)ccc4F)CC3)CC[C@@H]12. The number of nitrogens with one attached hydrogen (secondary N) is 1. The number of hydrogen-bond acceptors (Lipinski definition) is 5. The number of piperazine rings is 1. The Morgan fingerprint density at radius 3 is 2.42 bits per heavy atom. The smallest absolute Gasteiger partial charge is 0.272 e. The minimum Gasteiger partial charge on any atom is -0.377 e. The van der Waals surface area contributed by atoms with Gasteiger partial charge in [-0.15, -0.1) is 0 Å². The summed E-state index contributed by atoms with van der Waals surface area (Å²) in [6, 6.07) is 11.6. The van der Waals surface area contributed by atoms with Crippen LogP contribution >= 0.6 is 0 Å². The number of aromatic nitrogens is 2. The highest BCUT2D eigenvalue weighted by Gasteiger charge is 2.62. The molecule has 284 valence electrons. The Balaban J connectivity index is 0.827. The summed E-state index contributed by atoms with van der Waals surface area (Å²) in [5.74, 6) is -1.78. The number of carbonyl (C=O) groups excluding carboxylic acids is 2. The molecule has 4 aliphatic carbocycles. The van der Waals surface area contributed by atoms with Crippen molar-refractivity contribution in [3.63, 3.8) is 0 Å². The van der Waals surface area contributed by atoms with Crippen molar-refractivity contribution in [2.45, 2.75) is 96.5 Å². The molecular weight excluding hydrogens is 681 g/mol. The van der Waals surface area contributed by atoms with E-state index >= 15 is 0 Å². The number of aromatic amines is 1. The highest BCUT2D eigenvalue weighted by atomic mass is 19.3. The molecule has 8 nitrogen and oxygen atoms in total. The molecule has 11 heteroatoms. The van der Waals surface area contributed by atoms with Gasteiger partial charge in [-0.3, -0.25) is 14.4 Å². The summed E-state index contributed by atoms with van der Waals surface area (Å²) in [6.07, 6.45) is 7.58. The number of carbonyl (C=O) groups is 2. The molecule has 1 saturated heterocycles. The van der Waals surface area contributed by atoms with Gasteiger partial charge >= 0.3 is 0 Å². The van der Waals surface area contributed by atoms with E-state index in [1.54, 1.807) is 34.1 Å². The van der Waals surface area contributed by atoms with Crippen LogP contribution in [0.2, 0.25) is 0 Å². The van der Waals surface area contributed by atoms with E-state index in [-0.39, 0.29) is 59.1 Å². The zero-order valence-corrected chi connectivity index (χ0v) is 30.9. The minimum atomic E-state index is -2.51.